The van der Waals surface area contributed by atoms with E-state index in [1.807, 2.05) is 78.3 Å². The number of aromatic nitrogens is 4. The number of aryl methyl sites for hydroxylation is 1. The number of benzene rings is 2. The van der Waals surface area contributed by atoms with E-state index >= 15 is 0 Å². The highest BCUT2D eigenvalue weighted by Gasteiger charge is 2.23. The monoisotopic (exact) mass is 532 g/mol. The van der Waals surface area contributed by atoms with E-state index in [0.29, 0.717) is 29.5 Å². The topological polar surface area (TPSA) is 114 Å². The zero-order valence-corrected chi connectivity index (χ0v) is 22.6. The summed E-state index contributed by atoms with van der Waals surface area (Å²) in [5.74, 6) is 1.35. The third kappa shape index (κ3) is 4.71. The van der Waals surface area contributed by atoms with Crippen LogP contribution in [0.5, 0.6) is 5.75 Å². The molecule has 0 amide bonds. The Hall–Kier alpha value is -4.29. The summed E-state index contributed by atoms with van der Waals surface area (Å²) < 4.78 is 8.33. The van der Waals surface area contributed by atoms with Crippen molar-refractivity contribution in [2.45, 2.75) is 6.92 Å². The molecule has 0 fully saturated rings. The van der Waals surface area contributed by atoms with Crippen molar-refractivity contribution in [3.63, 3.8) is 0 Å². The smallest absolute Gasteiger partial charge is 0.294 e. The number of nitro benzene ring substituents is 1. The summed E-state index contributed by atoms with van der Waals surface area (Å²) >= 11 is 1.53. The average Bonchev–Trinajstić information content (AvgIpc) is 3.51. The molecule has 1 N–H and O–H groups in total. The lowest BCUT2D eigenvalue weighted by atomic mass is 10.2. The number of rotatable bonds is 9. The summed E-state index contributed by atoms with van der Waals surface area (Å²) in [5.41, 5.74) is 3.39. The highest BCUT2D eigenvalue weighted by Crippen LogP contribution is 2.39. The van der Waals surface area contributed by atoms with Gasteiger partial charge in [0.15, 0.2) is 5.82 Å². The zero-order valence-electron chi connectivity index (χ0n) is 21.8. The van der Waals surface area contributed by atoms with E-state index in [2.05, 4.69) is 10.3 Å². The van der Waals surface area contributed by atoms with Gasteiger partial charge in [0.1, 0.15) is 11.4 Å². The molecule has 0 saturated carbocycles. The molecule has 196 valence electrons. The molecule has 0 aliphatic carbocycles. The van der Waals surface area contributed by atoms with Crippen LogP contribution in [0.15, 0.2) is 47.8 Å². The van der Waals surface area contributed by atoms with E-state index in [1.54, 1.807) is 6.07 Å². The molecule has 0 aliphatic heterocycles. The van der Waals surface area contributed by atoms with Gasteiger partial charge >= 0.3 is 0 Å². The van der Waals surface area contributed by atoms with Crippen molar-refractivity contribution in [1.29, 1.82) is 0 Å². The van der Waals surface area contributed by atoms with Crippen LogP contribution < -0.4 is 15.0 Å². The molecule has 11 nitrogen and oxygen atoms in total. The maximum Gasteiger partial charge on any atom is 0.294 e. The van der Waals surface area contributed by atoms with Crippen LogP contribution >= 0.6 is 11.3 Å². The van der Waals surface area contributed by atoms with Crippen molar-refractivity contribution in [3.05, 3.63) is 63.7 Å². The molecule has 0 spiro atoms. The molecule has 0 saturated heterocycles. The third-order valence-corrected chi connectivity index (χ3v) is 7.19. The lowest BCUT2D eigenvalue weighted by Crippen LogP contribution is -2.29. The van der Waals surface area contributed by atoms with Crippen LogP contribution in [0, 0.1) is 17.0 Å². The SMILES string of the molecule is COc1cc(N(C)CCN(C)C)c([N+](=O)[O-])cc1Nc1nc(-n2nc(C)c3ccccc32)c2sccc2n1. The third-order valence-electron chi connectivity index (χ3n) is 6.29. The Kier molecular flexibility index (Phi) is 6.83. The van der Waals surface area contributed by atoms with Crippen LogP contribution in [-0.4, -0.2) is 70.9 Å². The van der Waals surface area contributed by atoms with Crippen molar-refractivity contribution in [3.8, 4) is 11.6 Å². The fraction of sp³-hybridized carbons (Fsp3) is 0.269. The van der Waals surface area contributed by atoms with Crippen LogP contribution in [0.3, 0.4) is 0 Å². The molecule has 2 aromatic carbocycles. The normalized spacial score (nSPS) is 11.4. The first-order chi connectivity index (χ1) is 18.3. The molecule has 0 atom stereocenters. The van der Waals surface area contributed by atoms with Crippen LogP contribution in [0.1, 0.15) is 5.69 Å². The Morgan fingerprint density at radius 1 is 1.13 bits per heavy atom. The van der Waals surface area contributed by atoms with E-state index in [-0.39, 0.29) is 16.6 Å². The van der Waals surface area contributed by atoms with Gasteiger partial charge in [-0.05, 0) is 38.5 Å². The van der Waals surface area contributed by atoms with Crippen molar-refractivity contribution in [1.82, 2.24) is 24.6 Å². The molecule has 0 aliphatic rings. The Morgan fingerprint density at radius 3 is 2.66 bits per heavy atom. The first-order valence-electron chi connectivity index (χ1n) is 12.0. The number of hydrogen-bond donors (Lipinski definition) is 1. The van der Waals surface area contributed by atoms with Crippen molar-refractivity contribution in [2.24, 2.45) is 0 Å². The van der Waals surface area contributed by atoms with Gasteiger partial charge in [0.25, 0.3) is 5.69 Å². The lowest BCUT2D eigenvalue weighted by Gasteiger charge is -2.22. The number of methoxy groups -OCH3 is 1. The number of nitrogens with zero attached hydrogens (tertiary/aromatic N) is 7. The summed E-state index contributed by atoms with van der Waals surface area (Å²) in [6, 6.07) is 13.0. The van der Waals surface area contributed by atoms with Gasteiger partial charge in [0.05, 0.1) is 39.1 Å². The maximum atomic E-state index is 12.0. The molecule has 3 aromatic heterocycles. The zero-order chi connectivity index (χ0) is 27.0. The number of ether oxygens (including phenoxy) is 1. The second kappa shape index (κ2) is 10.2. The van der Waals surface area contributed by atoms with Gasteiger partial charge in [-0.2, -0.15) is 10.1 Å². The van der Waals surface area contributed by atoms with E-state index in [4.69, 9.17) is 14.8 Å². The number of thiophene rings is 1. The molecule has 0 unspecified atom stereocenters. The molecule has 0 radical (unpaired) electrons. The summed E-state index contributed by atoms with van der Waals surface area (Å²) in [6.07, 6.45) is 0. The van der Waals surface area contributed by atoms with Gasteiger partial charge in [-0.1, -0.05) is 18.2 Å². The van der Waals surface area contributed by atoms with Crippen LogP contribution in [0.2, 0.25) is 0 Å². The first-order valence-corrected chi connectivity index (χ1v) is 12.8. The van der Waals surface area contributed by atoms with E-state index in [1.165, 1.54) is 24.5 Å². The number of likely N-dealkylation sites (N-methyl/N-ethyl adjacent to an activating group) is 2. The van der Waals surface area contributed by atoms with Crippen molar-refractivity contribution in [2.75, 3.05) is 51.6 Å². The summed E-state index contributed by atoms with van der Waals surface area (Å²) in [4.78, 5) is 25.0. The van der Waals surface area contributed by atoms with E-state index in [9.17, 15) is 10.1 Å². The number of anilines is 3. The van der Waals surface area contributed by atoms with Crippen LogP contribution in [0.4, 0.5) is 23.0 Å². The second-order valence-corrected chi connectivity index (χ2v) is 10.1. The number of hydrogen-bond acceptors (Lipinski definition) is 10. The van der Waals surface area contributed by atoms with E-state index < -0.39 is 0 Å². The minimum Gasteiger partial charge on any atom is -0.494 e. The highest BCUT2D eigenvalue weighted by molar-refractivity contribution is 7.17. The van der Waals surface area contributed by atoms with Gasteiger partial charge in [0.2, 0.25) is 5.95 Å². The van der Waals surface area contributed by atoms with E-state index in [0.717, 1.165) is 33.4 Å². The molecule has 0 bridgehead atoms. The highest BCUT2D eigenvalue weighted by atomic mass is 32.1. The molecule has 38 heavy (non-hydrogen) atoms. The van der Waals surface area contributed by atoms with Gasteiger partial charge < -0.3 is 19.9 Å². The van der Waals surface area contributed by atoms with Crippen molar-refractivity contribution >= 4 is 55.5 Å². The number of nitrogens with one attached hydrogen (secondary N) is 1. The standard InChI is InChI=1S/C26H28N8O3S/c1-16-17-8-6-7-9-20(17)33(30-16)25-24-18(10-13-38-24)27-26(29-25)28-19-14-22(34(35)36)21(15-23(19)37-5)32(4)12-11-31(2)3/h6-10,13-15H,11-12H2,1-5H3,(H,27,28,29). The largest absolute Gasteiger partial charge is 0.494 e. The first kappa shape index (κ1) is 25.4. The van der Waals surface area contributed by atoms with Gasteiger partial charge in [0, 0.05) is 37.7 Å². The van der Waals surface area contributed by atoms with Crippen molar-refractivity contribution < 1.29 is 9.66 Å². The van der Waals surface area contributed by atoms with Gasteiger partial charge in [-0.25, -0.2) is 9.67 Å². The van der Waals surface area contributed by atoms with Gasteiger partial charge in [-0.15, -0.1) is 11.3 Å². The number of fused-ring (bicyclic) bond motifs is 2. The molecule has 5 rings (SSSR count). The predicted octanol–water partition coefficient (Wildman–Crippen LogP) is 5.00. The Balaban J connectivity index is 1.59. The van der Waals surface area contributed by atoms with Crippen LogP contribution in [0.25, 0.3) is 26.9 Å². The lowest BCUT2D eigenvalue weighted by molar-refractivity contribution is -0.384. The molecule has 3 heterocycles. The number of nitro groups is 1. The summed E-state index contributed by atoms with van der Waals surface area (Å²) in [6.45, 7) is 3.32. The predicted molar refractivity (Wildman–Crippen MR) is 152 cm³/mol. The summed E-state index contributed by atoms with van der Waals surface area (Å²) in [7, 11) is 7.28. The fourth-order valence-electron chi connectivity index (χ4n) is 4.30. The molecular formula is C26H28N8O3S. The maximum absolute atomic E-state index is 12.0. The fourth-order valence-corrected chi connectivity index (χ4v) is 5.10. The molecular weight excluding hydrogens is 504 g/mol. The Morgan fingerprint density at radius 2 is 1.92 bits per heavy atom. The second-order valence-electron chi connectivity index (χ2n) is 9.17. The minimum atomic E-state index is -0.390. The quantitative estimate of drug-likeness (QED) is 0.207. The van der Waals surface area contributed by atoms with Gasteiger partial charge in [-0.3, -0.25) is 10.1 Å². The Labute approximate surface area is 223 Å². The summed E-state index contributed by atoms with van der Waals surface area (Å²) in [5, 5.41) is 22.9. The minimum absolute atomic E-state index is 0.0416. The van der Waals surface area contributed by atoms with Crippen LogP contribution in [-0.2, 0) is 0 Å². The number of para-hydroxylation sites is 1. The average molecular weight is 533 g/mol. The Bertz CT molecular complexity index is 1640. The molecule has 5 aromatic rings. The molecule has 12 heteroatoms.